The Hall–Kier alpha value is -1.35. The second kappa shape index (κ2) is 5.32. The van der Waals surface area contributed by atoms with Crippen LogP contribution in [0, 0.1) is 0 Å². The molecular weight excluding hydrogens is 232 g/mol. The fourth-order valence-electron chi connectivity index (χ4n) is 1.88. The van der Waals surface area contributed by atoms with E-state index in [1.54, 1.807) is 30.3 Å². The molecule has 0 bridgehead atoms. The summed E-state index contributed by atoms with van der Waals surface area (Å²) in [6.45, 7) is 0. The van der Waals surface area contributed by atoms with Crippen LogP contribution >= 0.6 is 0 Å². The van der Waals surface area contributed by atoms with Gasteiger partial charge < -0.3 is 0 Å². The molecule has 0 radical (unpaired) electrons. The van der Waals surface area contributed by atoms with E-state index >= 15 is 0 Å². The highest BCUT2D eigenvalue weighted by atomic mass is 32.2. The summed E-state index contributed by atoms with van der Waals surface area (Å²) in [6, 6.07) is 8.53. The molecule has 1 aromatic carbocycles. The summed E-state index contributed by atoms with van der Waals surface area (Å²) >= 11 is 0. The second-order valence-electron chi connectivity index (χ2n) is 4.19. The lowest BCUT2D eigenvalue weighted by molar-refractivity contribution is 0.604. The predicted octanol–water partition coefficient (Wildman–Crippen LogP) is 3.47. The van der Waals surface area contributed by atoms with Crippen LogP contribution in [0.5, 0.6) is 0 Å². The van der Waals surface area contributed by atoms with Crippen LogP contribution < -0.4 is 0 Å². The predicted molar refractivity (Wildman–Crippen MR) is 69.3 cm³/mol. The fourth-order valence-corrected chi connectivity index (χ4v) is 2.93. The molecule has 0 saturated heterocycles. The summed E-state index contributed by atoms with van der Waals surface area (Å²) in [5.74, 6) is 0. The van der Waals surface area contributed by atoms with E-state index in [-0.39, 0.29) is 0 Å². The van der Waals surface area contributed by atoms with Crippen molar-refractivity contribution in [2.75, 3.05) is 0 Å². The number of allylic oxidation sites excluding steroid dienone is 3. The third-order valence-corrected chi connectivity index (χ3v) is 4.28. The SMILES string of the molecule is O=S(=O)(/C=C/C1=CCCCC1)c1ccccc1. The third kappa shape index (κ3) is 3.30. The highest BCUT2D eigenvalue weighted by Crippen LogP contribution is 2.19. The van der Waals surface area contributed by atoms with Gasteiger partial charge >= 0.3 is 0 Å². The van der Waals surface area contributed by atoms with Gasteiger partial charge in [0.05, 0.1) is 4.90 Å². The molecule has 0 aliphatic heterocycles. The van der Waals surface area contributed by atoms with Crippen molar-refractivity contribution in [1.29, 1.82) is 0 Å². The summed E-state index contributed by atoms with van der Waals surface area (Å²) in [7, 11) is -3.28. The summed E-state index contributed by atoms with van der Waals surface area (Å²) in [6.07, 6.45) is 8.28. The largest absolute Gasteiger partial charge is 0.219 e. The first-order valence-corrected chi connectivity index (χ1v) is 7.40. The third-order valence-electron chi connectivity index (χ3n) is 2.86. The van der Waals surface area contributed by atoms with Crippen LogP contribution in [0.1, 0.15) is 25.7 Å². The Morgan fingerprint density at radius 1 is 1.06 bits per heavy atom. The number of benzene rings is 1. The van der Waals surface area contributed by atoms with Gasteiger partial charge in [-0.1, -0.05) is 29.8 Å². The average Bonchev–Trinajstić information content (AvgIpc) is 2.39. The van der Waals surface area contributed by atoms with Gasteiger partial charge in [0.25, 0.3) is 0 Å². The molecule has 2 nitrogen and oxygen atoms in total. The van der Waals surface area contributed by atoms with Crippen LogP contribution in [0.4, 0.5) is 0 Å². The molecule has 0 N–H and O–H groups in total. The molecule has 0 saturated carbocycles. The quantitative estimate of drug-likeness (QED) is 0.820. The van der Waals surface area contributed by atoms with Crippen LogP contribution in [-0.2, 0) is 9.84 Å². The second-order valence-corrected chi connectivity index (χ2v) is 6.02. The summed E-state index contributed by atoms with van der Waals surface area (Å²) in [5.41, 5.74) is 1.13. The molecule has 0 atom stereocenters. The van der Waals surface area contributed by atoms with Gasteiger partial charge in [-0.2, -0.15) is 0 Å². The molecule has 17 heavy (non-hydrogen) atoms. The molecule has 1 aliphatic rings. The molecule has 0 spiro atoms. The Morgan fingerprint density at radius 3 is 2.47 bits per heavy atom. The number of rotatable bonds is 3. The van der Waals surface area contributed by atoms with Crippen LogP contribution in [0.3, 0.4) is 0 Å². The first kappa shape index (κ1) is 12.1. The standard InChI is InChI=1S/C14H16O2S/c15-17(16,14-9-5-2-6-10-14)12-11-13-7-3-1-4-8-13/h2,5-7,9-12H,1,3-4,8H2/b12-11+. The van der Waals surface area contributed by atoms with Crippen molar-refractivity contribution in [3.05, 3.63) is 53.5 Å². The minimum absolute atomic E-state index is 0.354. The topological polar surface area (TPSA) is 34.1 Å². The van der Waals surface area contributed by atoms with E-state index in [1.165, 1.54) is 11.8 Å². The number of hydrogen-bond donors (Lipinski definition) is 0. The van der Waals surface area contributed by atoms with Gasteiger partial charge in [0.15, 0.2) is 9.84 Å². The molecule has 0 heterocycles. The maximum absolute atomic E-state index is 12.0. The van der Waals surface area contributed by atoms with Crippen molar-refractivity contribution >= 4 is 9.84 Å². The van der Waals surface area contributed by atoms with E-state index < -0.39 is 9.84 Å². The average molecular weight is 248 g/mol. The normalized spacial score (nSPS) is 17.1. The molecule has 0 fully saturated rings. The van der Waals surface area contributed by atoms with Crippen molar-refractivity contribution in [3.63, 3.8) is 0 Å². The Labute approximate surface area is 103 Å². The van der Waals surface area contributed by atoms with Crippen LogP contribution in [-0.4, -0.2) is 8.42 Å². The highest BCUT2D eigenvalue weighted by Gasteiger charge is 2.09. The molecule has 0 amide bonds. The van der Waals surface area contributed by atoms with Gasteiger partial charge in [0.2, 0.25) is 0 Å². The molecule has 1 aromatic rings. The zero-order chi connectivity index (χ0) is 12.1. The lowest BCUT2D eigenvalue weighted by Crippen LogP contribution is -1.96. The number of sulfone groups is 1. The van der Waals surface area contributed by atoms with Crippen molar-refractivity contribution in [3.8, 4) is 0 Å². The van der Waals surface area contributed by atoms with Gasteiger partial charge in [-0.25, -0.2) is 8.42 Å². The van der Waals surface area contributed by atoms with Crippen molar-refractivity contribution in [2.45, 2.75) is 30.6 Å². The Bertz CT molecular complexity index is 525. The molecule has 2 rings (SSSR count). The van der Waals surface area contributed by atoms with Gasteiger partial charge in [-0.3, -0.25) is 0 Å². The maximum Gasteiger partial charge on any atom is 0.199 e. The van der Waals surface area contributed by atoms with Gasteiger partial charge in [-0.05, 0) is 43.9 Å². The number of hydrogen-bond acceptors (Lipinski definition) is 2. The van der Waals surface area contributed by atoms with Crippen LogP contribution in [0.15, 0.2) is 58.4 Å². The van der Waals surface area contributed by atoms with E-state index in [2.05, 4.69) is 6.08 Å². The Morgan fingerprint density at radius 2 is 1.82 bits per heavy atom. The summed E-state index contributed by atoms with van der Waals surface area (Å²) < 4.78 is 23.9. The van der Waals surface area contributed by atoms with E-state index in [0.717, 1.165) is 24.8 Å². The smallest absolute Gasteiger partial charge is 0.199 e. The van der Waals surface area contributed by atoms with Gasteiger partial charge in [-0.15, -0.1) is 0 Å². The molecular formula is C14H16O2S. The molecule has 1 aliphatic carbocycles. The summed E-state index contributed by atoms with van der Waals surface area (Å²) in [4.78, 5) is 0.354. The lowest BCUT2D eigenvalue weighted by Gasteiger charge is -2.08. The van der Waals surface area contributed by atoms with E-state index in [0.29, 0.717) is 4.90 Å². The first-order chi connectivity index (χ1) is 8.18. The molecule has 90 valence electrons. The fraction of sp³-hybridized carbons (Fsp3) is 0.286. The van der Waals surface area contributed by atoms with Crippen molar-refractivity contribution < 1.29 is 8.42 Å². The maximum atomic E-state index is 12.0. The lowest BCUT2D eigenvalue weighted by atomic mass is 10.0. The first-order valence-electron chi connectivity index (χ1n) is 5.86. The minimum atomic E-state index is -3.28. The van der Waals surface area contributed by atoms with Crippen molar-refractivity contribution in [2.24, 2.45) is 0 Å². The van der Waals surface area contributed by atoms with E-state index in [4.69, 9.17) is 0 Å². The molecule has 3 heteroatoms. The van der Waals surface area contributed by atoms with Gasteiger partial charge in [0, 0.05) is 5.41 Å². The molecule has 0 aromatic heterocycles. The summed E-state index contributed by atoms with van der Waals surface area (Å²) in [5, 5.41) is 1.32. The zero-order valence-electron chi connectivity index (χ0n) is 9.67. The Balaban J connectivity index is 2.18. The minimum Gasteiger partial charge on any atom is -0.219 e. The Kier molecular flexibility index (Phi) is 3.79. The van der Waals surface area contributed by atoms with Crippen LogP contribution in [0.2, 0.25) is 0 Å². The zero-order valence-corrected chi connectivity index (χ0v) is 10.5. The monoisotopic (exact) mass is 248 g/mol. The van der Waals surface area contributed by atoms with E-state index in [1.807, 2.05) is 6.07 Å². The van der Waals surface area contributed by atoms with Crippen molar-refractivity contribution in [1.82, 2.24) is 0 Å². The van der Waals surface area contributed by atoms with Gasteiger partial charge in [0.1, 0.15) is 0 Å². The van der Waals surface area contributed by atoms with Crippen LogP contribution in [0.25, 0.3) is 0 Å². The van der Waals surface area contributed by atoms with E-state index in [9.17, 15) is 8.42 Å². The highest BCUT2D eigenvalue weighted by molar-refractivity contribution is 7.94. The molecule has 0 unspecified atom stereocenters.